The monoisotopic (exact) mass is 556 g/mol. The summed E-state index contributed by atoms with van der Waals surface area (Å²) in [5.74, 6) is 0. The van der Waals surface area contributed by atoms with E-state index < -0.39 is 7.80 Å². The third kappa shape index (κ3) is 4.02. The fourth-order valence-electron chi connectivity index (χ4n) is 6.09. The van der Waals surface area contributed by atoms with Gasteiger partial charge >= 0.3 is 0 Å². The third-order valence-corrected chi connectivity index (χ3v) is 9.82. The van der Waals surface area contributed by atoms with Crippen LogP contribution in [0.15, 0.2) is 146 Å². The Kier molecular flexibility index (Phi) is 5.91. The van der Waals surface area contributed by atoms with Gasteiger partial charge in [-0.05, 0) is 40.8 Å². The van der Waals surface area contributed by atoms with Gasteiger partial charge in [0, 0.05) is 49.3 Å². The van der Waals surface area contributed by atoms with E-state index in [-0.39, 0.29) is 0 Å². The molecule has 6 aromatic carbocycles. The highest BCUT2D eigenvalue weighted by Gasteiger charge is 2.20. The van der Waals surface area contributed by atoms with Crippen LogP contribution in [0, 0.1) is 0 Å². The van der Waals surface area contributed by atoms with Crippen LogP contribution in [-0.4, -0.2) is 9.97 Å². The van der Waals surface area contributed by atoms with Gasteiger partial charge < -0.3 is 4.57 Å². The number of hydrogen-bond donors (Lipinski definition) is 0. The Bertz CT molecular complexity index is 2300. The average Bonchev–Trinajstić information content (AvgIpc) is 3.07. The van der Waals surface area contributed by atoms with Gasteiger partial charge in [0.25, 0.3) is 0 Å². The molecule has 42 heavy (non-hydrogen) atoms. The molecule has 0 aliphatic heterocycles. The molecule has 0 fully saturated rings. The van der Waals surface area contributed by atoms with Crippen molar-refractivity contribution in [2.75, 3.05) is 0 Å². The van der Waals surface area contributed by atoms with E-state index in [0.717, 1.165) is 76.3 Å². The molecule has 3 nitrogen and oxygen atoms in total. The Hall–Kier alpha value is -5.11. The second-order valence-corrected chi connectivity index (χ2v) is 12.3. The van der Waals surface area contributed by atoms with Crippen molar-refractivity contribution < 1.29 is 4.57 Å². The van der Waals surface area contributed by atoms with Gasteiger partial charge in [-0.2, -0.15) is 0 Å². The molecule has 0 aliphatic rings. The normalized spacial score (nSPS) is 12.3. The van der Waals surface area contributed by atoms with Crippen LogP contribution in [0.5, 0.6) is 0 Å². The molecule has 198 valence electrons. The molecule has 1 atom stereocenters. The lowest BCUT2D eigenvalue weighted by atomic mass is 9.93. The molecule has 0 N–H and O–H groups in total. The number of pyridine rings is 2. The summed E-state index contributed by atoms with van der Waals surface area (Å²) in [6, 6.07) is 47.3. The molecular formula is C38H25N2OP. The Labute approximate surface area is 243 Å². The smallest absolute Gasteiger partial charge is 0.132 e. The summed E-state index contributed by atoms with van der Waals surface area (Å²) in [6.07, 6.45) is 1.95. The van der Waals surface area contributed by atoms with E-state index in [4.69, 9.17) is 9.97 Å². The summed E-state index contributed by atoms with van der Waals surface area (Å²) < 4.78 is 14.2. The zero-order chi connectivity index (χ0) is 28.0. The molecule has 0 amide bonds. The molecule has 0 saturated heterocycles. The highest BCUT2D eigenvalue weighted by Crippen LogP contribution is 2.41. The average molecular weight is 557 g/mol. The largest absolute Gasteiger partial charge is 0.317 e. The third-order valence-electron chi connectivity index (χ3n) is 8.06. The number of rotatable bonds is 4. The second kappa shape index (κ2) is 10.1. The van der Waals surface area contributed by atoms with Crippen molar-refractivity contribution in [2.24, 2.45) is 0 Å². The minimum atomic E-state index is -2.32. The van der Waals surface area contributed by atoms with E-state index in [9.17, 15) is 4.57 Å². The van der Waals surface area contributed by atoms with Gasteiger partial charge in [0.1, 0.15) is 7.80 Å². The van der Waals surface area contributed by atoms with Crippen LogP contribution in [0.1, 0.15) is 0 Å². The van der Waals surface area contributed by atoms with Crippen LogP contribution in [0.3, 0.4) is 0 Å². The Morgan fingerprint density at radius 1 is 0.524 bits per heavy atom. The predicted molar refractivity (Wildman–Crippen MR) is 178 cm³/mol. The summed E-state index contributed by atoms with van der Waals surface area (Å²) >= 11 is 0. The summed E-state index contributed by atoms with van der Waals surface area (Å²) in [5, 5.41) is 8.23. The fraction of sp³-hybridized carbons (Fsp3) is 0. The van der Waals surface area contributed by atoms with Gasteiger partial charge in [0.05, 0.1) is 16.7 Å². The molecule has 8 aromatic rings. The maximum Gasteiger partial charge on any atom is 0.132 e. The lowest BCUT2D eigenvalue weighted by molar-refractivity contribution is 0.598. The summed E-state index contributed by atoms with van der Waals surface area (Å²) in [4.78, 5) is 10.2. The number of aromatic nitrogens is 2. The molecule has 0 saturated carbocycles. The maximum absolute atomic E-state index is 14.2. The predicted octanol–water partition coefficient (Wildman–Crippen LogP) is 8.93. The minimum absolute atomic E-state index is 0.819. The fourth-order valence-corrected chi connectivity index (χ4v) is 7.63. The molecule has 0 spiro atoms. The lowest BCUT2D eigenvalue weighted by Gasteiger charge is -2.17. The van der Waals surface area contributed by atoms with Crippen molar-refractivity contribution in [1.29, 1.82) is 0 Å². The number of benzene rings is 6. The standard InChI is InChI=1S/C38H25N2OP/c41-42(28-17-8-3-9-18-28)35-23-34-32(22-31(35)25-12-4-1-5-13-25)36-30(38(40-34)26-14-6-2-7-15-26)20-21-33-37(36)29-19-11-10-16-27(29)24-39-33/h1-24,42H. The van der Waals surface area contributed by atoms with Gasteiger partial charge in [-0.25, -0.2) is 4.98 Å². The number of fused-ring (bicyclic) bond motifs is 7. The molecule has 0 aliphatic carbocycles. The van der Waals surface area contributed by atoms with Crippen LogP contribution >= 0.6 is 7.80 Å². The van der Waals surface area contributed by atoms with Crippen molar-refractivity contribution in [3.63, 3.8) is 0 Å². The molecule has 1 unspecified atom stereocenters. The van der Waals surface area contributed by atoms with E-state index in [1.54, 1.807) is 0 Å². The SMILES string of the molecule is O=[PH](c1ccccc1)c1cc2nc(-c3ccccc3)c3ccc4ncc5ccccc5c4c3c2cc1-c1ccccc1. The van der Waals surface area contributed by atoms with E-state index in [0.29, 0.717) is 0 Å². The molecular weight excluding hydrogens is 531 g/mol. The number of nitrogens with zero attached hydrogens (tertiary/aromatic N) is 2. The minimum Gasteiger partial charge on any atom is -0.317 e. The zero-order valence-corrected chi connectivity index (χ0v) is 23.7. The summed E-state index contributed by atoms with van der Waals surface area (Å²) in [5.41, 5.74) is 5.72. The topological polar surface area (TPSA) is 42.9 Å². The van der Waals surface area contributed by atoms with Crippen molar-refractivity contribution in [1.82, 2.24) is 9.97 Å². The number of hydrogen-bond acceptors (Lipinski definition) is 3. The van der Waals surface area contributed by atoms with Crippen LogP contribution in [-0.2, 0) is 4.57 Å². The summed E-state index contributed by atoms with van der Waals surface area (Å²) in [7, 11) is -2.32. The Balaban J connectivity index is 1.58. The molecule has 8 rings (SSSR count). The van der Waals surface area contributed by atoms with Crippen LogP contribution in [0.4, 0.5) is 0 Å². The highest BCUT2D eigenvalue weighted by molar-refractivity contribution is 7.61. The van der Waals surface area contributed by atoms with Crippen molar-refractivity contribution in [3.05, 3.63) is 146 Å². The molecule has 2 heterocycles. The molecule has 0 bridgehead atoms. The van der Waals surface area contributed by atoms with E-state index in [1.807, 2.05) is 72.9 Å². The Morgan fingerprint density at radius 3 is 1.95 bits per heavy atom. The first kappa shape index (κ1) is 24.7. The Morgan fingerprint density at radius 2 is 1.19 bits per heavy atom. The van der Waals surface area contributed by atoms with E-state index in [2.05, 4.69) is 72.8 Å². The quantitative estimate of drug-likeness (QED) is 0.161. The molecule has 0 radical (unpaired) electrons. The van der Waals surface area contributed by atoms with Crippen LogP contribution in [0.25, 0.3) is 65.7 Å². The zero-order valence-electron chi connectivity index (χ0n) is 22.7. The van der Waals surface area contributed by atoms with Crippen molar-refractivity contribution >= 4 is 61.8 Å². The van der Waals surface area contributed by atoms with Gasteiger partial charge in [-0.3, -0.25) is 4.98 Å². The first-order valence-electron chi connectivity index (χ1n) is 14.0. The van der Waals surface area contributed by atoms with Gasteiger partial charge in [-0.15, -0.1) is 0 Å². The maximum atomic E-state index is 14.2. The highest BCUT2D eigenvalue weighted by atomic mass is 31.1. The van der Waals surface area contributed by atoms with E-state index >= 15 is 0 Å². The van der Waals surface area contributed by atoms with Gasteiger partial charge in [-0.1, -0.05) is 115 Å². The van der Waals surface area contributed by atoms with E-state index in [1.165, 1.54) is 0 Å². The molecule has 2 aromatic heterocycles. The van der Waals surface area contributed by atoms with Crippen molar-refractivity contribution in [3.8, 4) is 22.4 Å². The van der Waals surface area contributed by atoms with Gasteiger partial charge in [0.2, 0.25) is 0 Å². The lowest BCUT2D eigenvalue weighted by Crippen LogP contribution is -2.10. The first-order valence-corrected chi connectivity index (χ1v) is 15.5. The van der Waals surface area contributed by atoms with Gasteiger partial charge in [0.15, 0.2) is 0 Å². The summed E-state index contributed by atoms with van der Waals surface area (Å²) in [6.45, 7) is 0. The second-order valence-electron chi connectivity index (χ2n) is 10.5. The van der Waals surface area contributed by atoms with Crippen LogP contribution < -0.4 is 10.6 Å². The first-order chi connectivity index (χ1) is 20.8. The van der Waals surface area contributed by atoms with Crippen molar-refractivity contribution in [2.45, 2.75) is 0 Å². The molecule has 4 heteroatoms. The van der Waals surface area contributed by atoms with Crippen LogP contribution in [0.2, 0.25) is 0 Å².